The zero-order valence-electron chi connectivity index (χ0n) is 10.7. The van der Waals surface area contributed by atoms with Gasteiger partial charge in [0.15, 0.2) is 5.65 Å². The number of rotatable bonds is 3. The summed E-state index contributed by atoms with van der Waals surface area (Å²) in [6.45, 7) is -2.60. The number of hydrogen-bond donors (Lipinski definition) is 0. The number of imidazole rings is 1. The summed E-state index contributed by atoms with van der Waals surface area (Å²) >= 11 is 5.90. The van der Waals surface area contributed by atoms with Gasteiger partial charge >= 0.3 is 6.55 Å². The predicted molar refractivity (Wildman–Crippen MR) is 71.6 cm³/mol. The van der Waals surface area contributed by atoms with Crippen LogP contribution in [0.3, 0.4) is 0 Å². The minimum absolute atomic E-state index is 0.145. The van der Waals surface area contributed by atoms with Gasteiger partial charge in [-0.05, 0) is 24.5 Å². The van der Waals surface area contributed by atoms with E-state index in [-0.39, 0.29) is 11.8 Å². The molecule has 3 aromatic rings. The van der Waals surface area contributed by atoms with Crippen molar-refractivity contribution in [2.75, 3.05) is 0 Å². The van der Waals surface area contributed by atoms with Gasteiger partial charge in [-0.3, -0.25) is 0 Å². The Labute approximate surface area is 123 Å². The van der Waals surface area contributed by atoms with Gasteiger partial charge in [0, 0.05) is 23.9 Å². The lowest BCUT2D eigenvalue weighted by atomic mass is 10.1. The maximum Gasteiger partial charge on any atom is 0.333 e. The highest BCUT2D eigenvalue weighted by molar-refractivity contribution is 6.29. The molecular weight excluding hydrogens is 300 g/mol. The van der Waals surface area contributed by atoms with E-state index in [1.165, 1.54) is 6.20 Å². The van der Waals surface area contributed by atoms with Crippen molar-refractivity contribution in [3.8, 4) is 0 Å². The van der Waals surface area contributed by atoms with Gasteiger partial charge in [0.2, 0.25) is 0 Å². The van der Waals surface area contributed by atoms with Crippen molar-refractivity contribution in [2.24, 2.45) is 0 Å². The first kappa shape index (κ1) is 12.7. The number of aromatic nitrogens is 5. The molecule has 108 valence electrons. The second-order valence-electron chi connectivity index (χ2n) is 5.07. The minimum atomic E-state index is -2.60. The van der Waals surface area contributed by atoms with Crippen LogP contribution in [0.4, 0.5) is 8.78 Å². The van der Waals surface area contributed by atoms with Crippen LogP contribution in [0, 0.1) is 0 Å². The predicted octanol–water partition coefficient (Wildman–Crippen LogP) is 3.25. The lowest BCUT2D eigenvalue weighted by Gasteiger charge is -2.01. The summed E-state index contributed by atoms with van der Waals surface area (Å²) in [6, 6.07) is 3.54. The number of fused-ring (bicyclic) bond motifs is 1. The lowest BCUT2D eigenvalue weighted by Crippen LogP contribution is -1.99. The van der Waals surface area contributed by atoms with E-state index in [0.29, 0.717) is 21.2 Å². The first-order valence-electron chi connectivity index (χ1n) is 6.46. The first-order chi connectivity index (χ1) is 10.1. The standard InChI is InChI=1S/C13H10ClF2N5/c14-11-6-21-12(18-11)7(1-3-17-21)8-5-9(8)10-2-4-20(19-10)13(15)16/h1-4,6,8-9,13H,5H2/t8?,9-/m0/s1. The number of alkyl halides is 2. The lowest BCUT2D eigenvalue weighted by molar-refractivity contribution is 0.0562. The fraction of sp³-hybridized carbons (Fsp3) is 0.308. The van der Waals surface area contributed by atoms with Gasteiger partial charge in [0.25, 0.3) is 0 Å². The maximum atomic E-state index is 12.6. The Morgan fingerprint density at radius 2 is 2.14 bits per heavy atom. The van der Waals surface area contributed by atoms with Gasteiger partial charge < -0.3 is 0 Å². The van der Waals surface area contributed by atoms with Gasteiger partial charge in [0.1, 0.15) is 5.15 Å². The monoisotopic (exact) mass is 309 g/mol. The van der Waals surface area contributed by atoms with Crippen LogP contribution in [0.25, 0.3) is 5.65 Å². The van der Waals surface area contributed by atoms with Crippen LogP contribution in [-0.2, 0) is 0 Å². The van der Waals surface area contributed by atoms with Crippen LogP contribution in [0.15, 0.2) is 30.7 Å². The second-order valence-corrected chi connectivity index (χ2v) is 5.45. The Balaban J connectivity index is 1.66. The molecule has 0 N–H and O–H groups in total. The summed E-state index contributed by atoms with van der Waals surface area (Å²) in [5.74, 6) is 0.363. The van der Waals surface area contributed by atoms with Gasteiger partial charge in [-0.25, -0.2) is 14.2 Å². The van der Waals surface area contributed by atoms with Gasteiger partial charge in [-0.15, -0.1) is 0 Å². The molecule has 0 amide bonds. The van der Waals surface area contributed by atoms with E-state index in [0.717, 1.165) is 12.0 Å². The average Bonchev–Trinajstić information content (AvgIpc) is 2.92. The van der Waals surface area contributed by atoms with Crippen molar-refractivity contribution in [2.45, 2.75) is 24.8 Å². The van der Waals surface area contributed by atoms with Crippen molar-refractivity contribution in [3.63, 3.8) is 0 Å². The molecule has 4 rings (SSSR count). The highest BCUT2D eigenvalue weighted by Gasteiger charge is 2.42. The van der Waals surface area contributed by atoms with Gasteiger partial charge in [-0.2, -0.15) is 19.0 Å². The molecule has 21 heavy (non-hydrogen) atoms. The Morgan fingerprint density at radius 3 is 2.90 bits per heavy atom. The number of nitrogens with zero attached hydrogens (tertiary/aromatic N) is 5. The largest absolute Gasteiger partial charge is 0.333 e. The molecule has 1 fully saturated rings. The molecule has 0 bridgehead atoms. The zero-order valence-corrected chi connectivity index (χ0v) is 11.5. The number of halogens is 3. The molecule has 0 radical (unpaired) electrons. The summed E-state index contributed by atoms with van der Waals surface area (Å²) in [6.07, 6.45) is 5.51. The van der Waals surface area contributed by atoms with E-state index in [2.05, 4.69) is 15.2 Å². The van der Waals surface area contributed by atoms with E-state index in [4.69, 9.17) is 11.6 Å². The summed E-state index contributed by atoms with van der Waals surface area (Å²) in [5, 5.41) is 8.46. The third-order valence-electron chi connectivity index (χ3n) is 3.76. The molecule has 3 aromatic heterocycles. The van der Waals surface area contributed by atoms with Crippen LogP contribution >= 0.6 is 11.6 Å². The SMILES string of the molecule is FC(F)n1ccc([C@H]2CC2c2ccnn3cc(Cl)nc23)n1. The van der Waals surface area contributed by atoms with Crippen LogP contribution in [0.1, 0.15) is 36.1 Å². The van der Waals surface area contributed by atoms with E-state index >= 15 is 0 Å². The third kappa shape index (κ3) is 2.08. The quantitative estimate of drug-likeness (QED) is 0.746. The first-order valence-corrected chi connectivity index (χ1v) is 6.84. The van der Waals surface area contributed by atoms with Crippen LogP contribution in [0.5, 0.6) is 0 Å². The minimum Gasteiger partial charge on any atom is -0.219 e. The molecular formula is C13H10ClF2N5. The van der Waals surface area contributed by atoms with Crippen LogP contribution in [-0.4, -0.2) is 24.4 Å². The topological polar surface area (TPSA) is 48.0 Å². The van der Waals surface area contributed by atoms with Crippen LogP contribution < -0.4 is 0 Å². The molecule has 0 aromatic carbocycles. The van der Waals surface area contributed by atoms with Gasteiger partial charge in [0.05, 0.1) is 11.9 Å². The summed E-state index contributed by atoms with van der Waals surface area (Å²) < 4.78 is 27.4. The Hall–Kier alpha value is -2.02. The Bertz CT molecular complexity index is 812. The molecule has 1 aliphatic rings. The second kappa shape index (κ2) is 4.49. The van der Waals surface area contributed by atoms with Gasteiger partial charge in [-0.1, -0.05) is 11.6 Å². The Morgan fingerprint density at radius 1 is 1.29 bits per heavy atom. The normalized spacial score (nSPS) is 21.3. The highest BCUT2D eigenvalue weighted by atomic mass is 35.5. The fourth-order valence-electron chi connectivity index (χ4n) is 2.70. The van der Waals surface area contributed by atoms with Crippen molar-refractivity contribution >= 4 is 17.2 Å². The molecule has 0 aliphatic heterocycles. The molecule has 0 saturated heterocycles. The highest BCUT2D eigenvalue weighted by Crippen LogP contribution is 2.54. The van der Waals surface area contributed by atoms with E-state index < -0.39 is 6.55 Å². The third-order valence-corrected chi connectivity index (χ3v) is 3.94. The fourth-order valence-corrected chi connectivity index (χ4v) is 2.87. The Kier molecular flexibility index (Phi) is 2.72. The van der Waals surface area contributed by atoms with E-state index in [1.54, 1.807) is 23.0 Å². The molecule has 1 saturated carbocycles. The van der Waals surface area contributed by atoms with E-state index in [1.807, 2.05) is 6.07 Å². The molecule has 8 heteroatoms. The molecule has 1 unspecified atom stereocenters. The van der Waals surface area contributed by atoms with Crippen LogP contribution in [0.2, 0.25) is 5.15 Å². The molecule has 0 spiro atoms. The van der Waals surface area contributed by atoms with Crippen molar-refractivity contribution in [3.05, 3.63) is 47.1 Å². The van der Waals surface area contributed by atoms with Crippen molar-refractivity contribution in [1.29, 1.82) is 0 Å². The number of hydrogen-bond acceptors (Lipinski definition) is 3. The average molecular weight is 310 g/mol. The molecule has 1 aliphatic carbocycles. The molecule has 3 heterocycles. The smallest absolute Gasteiger partial charge is 0.219 e. The zero-order chi connectivity index (χ0) is 14.6. The van der Waals surface area contributed by atoms with Crippen molar-refractivity contribution in [1.82, 2.24) is 24.4 Å². The van der Waals surface area contributed by atoms with Crippen molar-refractivity contribution < 1.29 is 8.78 Å². The molecule has 5 nitrogen and oxygen atoms in total. The summed E-state index contributed by atoms with van der Waals surface area (Å²) in [5.41, 5.74) is 2.42. The summed E-state index contributed by atoms with van der Waals surface area (Å²) in [4.78, 5) is 4.26. The maximum absolute atomic E-state index is 12.6. The van der Waals surface area contributed by atoms with E-state index in [9.17, 15) is 8.78 Å². The molecule has 2 atom stereocenters. The summed E-state index contributed by atoms with van der Waals surface area (Å²) in [7, 11) is 0.